The number of aromatic nitrogens is 2. The fourth-order valence-electron chi connectivity index (χ4n) is 2.20. The second-order valence-electron chi connectivity index (χ2n) is 5.31. The van der Waals surface area contributed by atoms with Crippen molar-refractivity contribution in [3.05, 3.63) is 55.2 Å². The summed E-state index contributed by atoms with van der Waals surface area (Å²) in [4.78, 5) is 49.5. The van der Waals surface area contributed by atoms with Crippen LogP contribution in [0.4, 0.5) is 0 Å². The van der Waals surface area contributed by atoms with Gasteiger partial charge in [-0.2, -0.15) is 0 Å². The number of amides is 2. The highest BCUT2D eigenvalue weighted by Crippen LogP contribution is 2.07. The highest BCUT2D eigenvalue weighted by Gasteiger charge is 2.15. The monoisotopic (exact) mass is 364 g/mol. The van der Waals surface area contributed by atoms with Gasteiger partial charge in [0.25, 0.3) is 11.1 Å². The fraction of sp³-hybridized carbons (Fsp3) is 0.375. The number of nitrogens with zero attached hydrogens (tertiary/aromatic N) is 2. The highest BCUT2D eigenvalue weighted by atomic mass is 32.1. The van der Waals surface area contributed by atoms with Gasteiger partial charge in [-0.25, -0.2) is 4.68 Å². The normalized spacial score (nSPS) is 10.4. The third-order valence-electron chi connectivity index (χ3n) is 3.55. The minimum absolute atomic E-state index is 0.0197. The zero-order valence-corrected chi connectivity index (χ0v) is 14.7. The first-order chi connectivity index (χ1) is 12.0. The smallest absolute Gasteiger partial charge is 0.265 e. The Labute approximate surface area is 148 Å². The number of hydrogen-bond donors (Lipinski definition) is 2. The van der Waals surface area contributed by atoms with E-state index in [0.29, 0.717) is 13.1 Å². The number of carbonyl (C=O) groups excluding carboxylic acids is 2. The van der Waals surface area contributed by atoms with Gasteiger partial charge >= 0.3 is 0 Å². The van der Waals surface area contributed by atoms with Gasteiger partial charge in [0.2, 0.25) is 11.8 Å². The number of carbonyl (C=O) groups is 2. The molecule has 2 aromatic heterocycles. The summed E-state index contributed by atoms with van der Waals surface area (Å²) in [6, 6.07) is 6.12. The van der Waals surface area contributed by atoms with Crippen LogP contribution < -0.4 is 16.4 Å². The van der Waals surface area contributed by atoms with E-state index in [1.807, 2.05) is 17.5 Å². The summed E-state index contributed by atoms with van der Waals surface area (Å²) in [5.41, 5.74) is -0.795. The highest BCUT2D eigenvalue weighted by molar-refractivity contribution is 7.09. The van der Waals surface area contributed by atoms with Crippen LogP contribution in [0.15, 0.2) is 39.2 Å². The Morgan fingerprint density at radius 2 is 2.08 bits per heavy atom. The lowest BCUT2D eigenvalue weighted by Crippen LogP contribution is -2.41. The third-order valence-corrected chi connectivity index (χ3v) is 4.42. The first-order valence-electron chi connectivity index (χ1n) is 7.86. The zero-order valence-electron chi connectivity index (χ0n) is 13.9. The molecule has 134 valence electrons. The van der Waals surface area contributed by atoms with Crippen molar-refractivity contribution in [3.63, 3.8) is 0 Å². The summed E-state index contributed by atoms with van der Waals surface area (Å²) < 4.78 is 1.09. The second kappa shape index (κ2) is 8.97. The number of H-pyrrole nitrogens is 1. The molecule has 0 fully saturated rings. The molecular weight excluding hydrogens is 344 g/mol. The predicted molar refractivity (Wildman–Crippen MR) is 94.4 cm³/mol. The van der Waals surface area contributed by atoms with Gasteiger partial charge in [0.15, 0.2) is 0 Å². The Morgan fingerprint density at radius 3 is 2.76 bits per heavy atom. The zero-order chi connectivity index (χ0) is 18.2. The Hall–Kier alpha value is -2.68. The molecule has 2 N–H and O–H groups in total. The number of thiophene rings is 1. The quantitative estimate of drug-likeness (QED) is 0.696. The number of aryl methyl sites for hydroxylation is 1. The van der Waals surface area contributed by atoms with E-state index in [1.165, 1.54) is 4.90 Å². The van der Waals surface area contributed by atoms with Gasteiger partial charge in [-0.05, 0) is 18.4 Å². The van der Waals surface area contributed by atoms with Gasteiger partial charge in [-0.1, -0.05) is 6.07 Å². The molecule has 9 heteroatoms. The number of likely N-dealkylation sites (N-methyl/N-ethyl adjacent to an activating group) is 1. The van der Waals surface area contributed by atoms with E-state index in [9.17, 15) is 19.2 Å². The average Bonchev–Trinajstić information content (AvgIpc) is 3.12. The molecule has 2 heterocycles. The van der Waals surface area contributed by atoms with Crippen molar-refractivity contribution in [3.8, 4) is 0 Å². The summed E-state index contributed by atoms with van der Waals surface area (Å²) in [5, 5.41) is 7.06. The van der Waals surface area contributed by atoms with Crippen molar-refractivity contribution >= 4 is 23.2 Å². The van der Waals surface area contributed by atoms with Gasteiger partial charge in [0.05, 0.1) is 19.6 Å². The maximum atomic E-state index is 12.3. The van der Waals surface area contributed by atoms with Crippen LogP contribution in [0, 0.1) is 0 Å². The molecule has 0 aliphatic rings. The molecular formula is C16H20N4O4S. The molecule has 2 rings (SSSR count). The fourth-order valence-corrected chi connectivity index (χ4v) is 2.84. The van der Waals surface area contributed by atoms with Crippen LogP contribution in [0.3, 0.4) is 0 Å². The molecule has 0 bridgehead atoms. The molecule has 0 aliphatic heterocycles. The first-order valence-corrected chi connectivity index (χ1v) is 8.74. The van der Waals surface area contributed by atoms with Gasteiger partial charge in [0.1, 0.15) is 0 Å². The summed E-state index contributed by atoms with van der Waals surface area (Å²) in [7, 11) is 0. The largest absolute Gasteiger partial charge is 0.350 e. The summed E-state index contributed by atoms with van der Waals surface area (Å²) in [6.45, 7) is 2.61. The van der Waals surface area contributed by atoms with E-state index in [0.717, 1.165) is 21.7 Å². The predicted octanol–water partition coefficient (Wildman–Crippen LogP) is 0.153. The van der Waals surface area contributed by atoms with Gasteiger partial charge < -0.3 is 10.2 Å². The van der Waals surface area contributed by atoms with E-state index in [4.69, 9.17) is 0 Å². The van der Waals surface area contributed by atoms with Crippen molar-refractivity contribution in [2.75, 3.05) is 13.1 Å². The van der Waals surface area contributed by atoms with Gasteiger partial charge in [0, 0.05) is 30.0 Å². The molecule has 2 aromatic rings. The SMILES string of the molecule is CCN(CC(=O)NCc1cccs1)C(=O)CCn1[nH]c(=O)ccc1=O. The van der Waals surface area contributed by atoms with Gasteiger partial charge in [-0.3, -0.25) is 24.3 Å². The summed E-state index contributed by atoms with van der Waals surface area (Å²) >= 11 is 1.55. The van der Waals surface area contributed by atoms with Crippen molar-refractivity contribution in [1.29, 1.82) is 0 Å². The molecule has 0 saturated heterocycles. The third kappa shape index (κ3) is 5.71. The van der Waals surface area contributed by atoms with E-state index in [2.05, 4.69) is 10.4 Å². The number of rotatable bonds is 8. The lowest BCUT2D eigenvalue weighted by atomic mass is 10.3. The summed E-state index contributed by atoms with van der Waals surface area (Å²) in [6.07, 6.45) is 0.0197. The Bertz CT molecular complexity index is 825. The lowest BCUT2D eigenvalue weighted by molar-refractivity contribution is -0.136. The van der Waals surface area contributed by atoms with Crippen LogP contribution in [0.2, 0.25) is 0 Å². The standard InChI is InChI=1S/C16H20N4O4S/c1-2-19(11-14(22)17-10-12-4-3-9-25-12)15(23)7-8-20-16(24)6-5-13(21)18-20/h3-6,9H,2,7-8,10-11H2,1H3,(H,17,22)(H,18,21). The minimum atomic E-state index is -0.410. The van der Waals surface area contributed by atoms with Crippen molar-refractivity contribution in [1.82, 2.24) is 20.0 Å². The second-order valence-corrected chi connectivity index (χ2v) is 6.35. The molecule has 25 heavy (non-hydrogen) atoms. The van der Waals surface area contributed by atoms with Crippen molar-refractivity contribution in [2.45, 2.75) is 26.4 Å². The van der Waals surface area contributed by atoms with Crippen LogP contribution in [-0.4, -0.2) is 39.6 Å². The first kappa shape index (κ1) is 18.7. The van der Waals surface area contributed by atoms with Crippen LogP contribution in [0.5, 0.6) is 0 Å². The van der Waals surface area contributed by atoms with E-state index >= 15 is 0 Å². The van der Waals surface area contributed by atoms with E-state index in [1.54, 1.807) is 18.3 Å². The Kier molecular flexibility index (Phi) is 6.70. The number of nitrogens with one attached hydrogen (secondary N) is 2. The molecule has 0 radical (unpaired) electrons. The topological polar surface area (TPSA) is 104 Å². The molecule has 8 nitrogen and oxygen atoms in total. The molecule has 0 spiro atoms. The summed E-state index contributed by atoms with van der Waals surface area (Å²) in [5.74, 6) is -0.501. The Balaban J connectivity index is 1.85. The lowest BCUT2D eigenvalue weighted by Gasteiger charge is -2.20. The maximum absolute atomic E-state index is 12.3. The number of hydrogen-bond acceptors (Lipinski definition) is 5. The van der Waals surface area contributed by atoms with E-state index < -0.39 is 5.56 Å². The average molecular weight is 364 g/mol. The molecule has 0 atom stereocenters. The van der Waals surface area contributed by atoms with Crippen molar-refractivity contribution < 1.29 is 9.59 Å². The van der Waals surface area contributed by atoms with Crippen LogP contribution in [0.1, 0.15) is 18.2 Å². The molecule has 0 saturated carbocycles. The van der Waals surface area contributed by atoms with Crippen LogP contribution >= 0.6 is 11.3 Å². The van der Waals surface area contributed by atoms with Crippen molar-refractivity contribution in [2.24, 2.45) is 0 Å². The van der Waals surface area contributed by atoms with Gasteiger partial charge in [-0.15, -0.1) is 11.3 Å². The molecule has 0 unspecified atom stereocenters. The number of aromatic amines is 1. The molecule has 0 aliphatic carbocycles. The van der Waals surface area contributed by atoms with E-state index in [-0.39, 0.29) is 36.9 Å². The molecule has 2 amide bonds. The maximum Gasteiger partial charge on any atom is 0.265 e. The Morgan fingerprint density at radius 1 is 1.28 bits per heavy atom. The molecule has 0 aromatic carbocycles. The van der Waals surface area contributed by atoms with Crippen LogP contribution in [0.25, 0.3) is 0 Å². The van der Waals surface area contributed by atoms with Crippen LogP contribution in [-0.2, 0) is 22.7 Å². The minimum Gasteiger partial charge on any atom is -0.350 e.